The molecule has 2 aromatic rings. The third-order valence-corrected chi connectivity index (χ3v) is 4.11. The Morgan fingerprint density at radius 2 is 2.28 bits per heavy atom. The lowest BCUT2D eigenvalue weighted by atomic mass is 10.1. The fourth-order valence-electron chi connectivity index (χ4n) is 2.74. The van der Waals surface area contributed by atoms with Crippen molar-refractivity contribution in [2.75, 3.05) is 30.9 Å². The maximum atomic E-state index is 12.0. The molecule has 6 nitrogen and oxygen atoms in total. The second kappa shape index (κ2) is 8.48. The molecule has 1 aliphatic heterocycles. The van der Waals surface area contributed by atoms with Gasteiger partial charge < -0.3 is 20.1 Å². The first-order valence-corrected chi connectivity index (χ1v) is 8.50. The second-order valence-corrected chi connectivity index (χ2v) is 5.95. The minimum atomic E-state index is -0.333. The van der Waals surface area contributed by atoms with Crippen LogP contribution in [0, 0.1) is 0 Å². The van der Waals surface area contributed by atoms with E-state index in [2.05, 4.69) is 21.7 Å². The highest BCUT2D eigenvalue weighted by molar-refractivity contribution is 5.94. The molecule has 0 aliphatic carbocycles. The van der Waals surface area contributed by atoms with E-state index in [0.717, 1.165) is 37.4 Å². The highest BCUT2D eigenvalue weighted by Gasteiger charge is 2.23. The van der Waals surface area contributed by atoms with Gasteiger partial charge in [-0.1, -0.05) is 12.1 Å². The Kier molecular flexibility index (Phi) is 5.85. The molecule has 1 aromatic heterocycles. The third-order valence-electron chi connectivity index (χ3n) is 4.11. The highest BCUT2D eigenvalue weighted by Crippen LogP contribution is 2.16. The largest absolute Gasteiger partial charge is 0.497 e. The van der Waals surface area contributed by atoms with Crippen molar-refractivity contribution < 1.29 is 14.3 Å². The van der Waals surface area contributed by atoms with Crippen LogP contribution in [-0.4, -0.2) is 37.3 Å². The Balaban J connectivity index is 1.46. The number of pyridine rings is 1. The van der Waals surface area contributed by atoms with Crippen molar-refractivity contribution in [3.8, 4) is 5.75 Å². The molecule has 1 unspecified atom stereocenters. The van der Waals surface area contributed by atoms with Gasteiger partial charge in [0, 0.05) is 13.2 Å². The summed E-state index contributed by atoms with van der Waals surface area (Å²) in [5.74, 6) is 1.54. The number of aromatic nitrogens is 1. The number of ether oxygens (including phenoxy) is 2. The molecule has 2 heterocycles. The molecule has 3 rings (SSSR count). The molecule has 1 fully saturated rings. The van der Waals surface area contributed by atoms with Gasteiger partial charge in [-0.15, -0.1) is 0 Å². The van der Waals surface area contributed by atoms with Crippen molar-refractivity contribution >= 4 is 17.4 Å². The fourth-order valence-corrected chi connectivity index (χ4v) is 2.74. The SMILES string of the molecule is COc1cccc(CCNc2ccc(NC(=O)C3CCCO3)cn2)c1. The van der Waals surface area contributed by atoms with Gasteiger partial charge >= 0.3 is 0 Å². The fraction of sp³-hybridized carbons (Fsp3) is 0.368. The number of nitrogens with zero attached hydrogens (tertiary/aromatic N) is 1. The Hall–Kier alpha value is -2.60. The molecular weight excluding hydrogens is 318 g/mol. The van der Waals surface area contributed by atoms with Crippen LogP contribution in [0.1, 0.15) is 18.4 Å². The summed E-state index contributed by atoms with van der Waals surface area (Å²) in [6.07, 6.45) is 3.91. The van der Waals surface area contributed by atoms with E-state index in [-0.39, 0.29) is 12.0 Å². The quantitative estimate of drug-likeness (QED) is 0.810. The van der Waals surface area contributed by atoms with Gasteiger partial charge in [0.15, 0.2) is 0 Å². The minimum absolute atomic E-state index is 0.0990. The molecule has 0 bridgehead atoms. The van der Waals surface area contributed by atoms with Crippen molar-refractivity contribution in [1.29, 1.82) is 0 Å². The molecule has 1 aromatic carbocycles. The number of benzene rings is 1. The summed E-state index contributed by atoms with van der Waals surface area (Å²) < 4.78 is 10.6. The second-order valence-electron chi connectivity index (χ2n) is 5.95. The van der Waals surface area contributed by atoms with Gasteiger partial charge in [-0.3, -0.25) is 4.79 Å². The number of hydrogen-bond donors (Lipinski definition) is 2. The van der Waals surface area contributed by atoms with Gasteiger partial charge in [-0.25, -0.2) is 4.98 Å². The van der Waals surface area contributed by atoms with E-state index in [4.69, 9.17) is 9.47 Å². The lowest BCUT2D eigenvalue weighted by Crippen LogP contribution is -2.26. The third kappa shape index (κ3) is 4.93. The molecule has 6 heteroatoms. The van der Waals surface area contributed by atoms with Crippen molar-refractivity contribution in [1.82, 2.24) is 4.98 Å². The molecule has 1 amide bonds. The van der Waals surface area contributed by atoms with Gasteiger partial charge in [0.1, 0.15) is 17.7 Å². The van der Waals surface area contributed by atoms with E-state index >= 15 is 0 Å². The first-order valence-electron chi connectivity index (χ1n) is 8.50. The molecule has 1 saturated heterocycles. The Labute approximate surface area is 147 Å². The molecule has 25 heavy (non-hydrogen) atoms. The maximum Gasteiger partial charge on any atom is 0.253 e. The van der Waals surface area contributed by atoms with Crippen LogP contribution >= 0.6 is 0 Å². The molecule has 132 valence electrons. The smallest absolute Gasteiger partial charge is 0.253 e. The number of anilines is 2. The van der Waals surface area contributed by atoms with Crippen LogP contribution in [0.5, 0.6) is 5.75 Å². The number of carbonyl (C=O) groups is 1. The van der Waals surface area contributed by atoms with Crippen molar-refractivity contribution in [3.05, 3.63) is 48.2 Å². The molecule has 0 spiro atoms. The van der Waals surface area contributed by atoms with Crippen LogP contribution in [0.15, 0.2) is 42.6 Å². The van der Waals surface area contributed by atoms with Crippen LogP contribution in [0.3, 0.4) is 0 Å². The number of nitrogens with one attached hydrogen (secondary N) is 2. The van der Waals surface area contributed by atoms with Crippen LogP contribution in [0.25, 0.3) is 0 Å². The average molecular weight is 341 g/mol. The maximum absolute atomic E-state index is 12.0. The number of amides is 1. The van der Waals surface area contributed by atoms with E-state index in [9.17, 15) is 4.79 Å². The van der Waals surface area contributed by atoms with Crippen molar-refractivity contribution in [2.45, 2.75) is 25.4 Å². The Morgan fingerprint density at radius 1 is 1.36 bits per heavy atom. The van der Waals surface area contributed by atoms with Crippen LogP contribution in [-0.2, 0) is 16.0 Å². The van der Waals surface area contributed by atoms with E-state index in [0.29, 0.717) is 12.3 Å². The molecule has 0 saturated carbocycles. The minimum Gasteiger partial charge on any atom is -0.497 e. The highest BCUT2D eigenvalue weighted by atomic mass is 16.5. The topological polar surface area (TPSA) is 72.5 Å². The zero-order valence-electron chi connectivity index (χ0n) is 14.3. The van der Waals surface area contributed by atoms with E-state index in [1.165, 1.54) is 5.56 Å². The molecule has 2 N–H and O–H groups in total. The van der Waals surface area contributed by atoms with Crippen LogP contribution < -0.4 is 15.4 Å². The van der Waals surface area contributed by atoms with Crippen molar-refractivity contribution in [2.24, 2.45) is 0 Å². The van der Waals surface area contributed by atoms with E-state index < -0.39 is 0 Å². The normalized spacial score (nSPS) is 16.4. The number of carbonyl (C=O) groups excluding carboxylic acids is 1. The predicted molar refractivity (Wildman–Crippen MR) is 97.0 cm³/mol. The average Bonchev–Trinajstić information content (AvgIpc) is 3.18. The van der Waals surface area contributed by atoms with Gasteiger partial charge in [0.05, 0.1) is 19.0 Å². The van der Waals surface area contributed by atoms with Gasteiger partial charge in [0.25, 0.3) is 5.91 Å². The summed E-state index contributed by atoms with van der Waals surface area (Å²) in [5, 5.41) is 6.11. The lowest BCUT2D eigenvalue weighted by molar-refractivity contribution is -0.124. The standard InChI is InChI=1S/C19H23N3O3/c1-24-16-5-2-4-14(12-16)9-10-20-18-8-7-15(13-21-18)22-19(23)17-6-3-11-25-17/h2,4-5,7-8,12-13,17H,3,6,9-11H2,1H3,(H,20,21)(H,22,23). The molecular formula is C19H23N3O3. The molecule has 1 atom stereocenters. The van der Waals surface area contributed by atoms with Crippen LogP contribution in [0.4, 0.5) is 11.5 Å². The van der Waals surface area contributed by atoms with Crippen LogP contribution in [0.2, 0.25) is 0 Å². The van der Waals surface area contributed by atoms with Gasteiger partial charge in [-0.05, 0) is 49.1 Å². The van der Waals surface area contributed by atoms with E-state index in [1.807, 2.05) is 30.3 Å². The Bertz CT molecular complexity index is 697. The van der Waals surface area contributed by atoms with E-state index in [1.54, 1.807) is 13.3 Å². The first-order chi connectivity index (χ1) is 12.2. The molecule has 1 aliphatic rings. The summed E-state index contributed by atoms with van der Waals surface area (Å²) in [7, 11) is 1.67. The zero-order valence-corrected chi connectivity index (χ0v) is 14.3. The summed E-state index contributed by atoms with van der Waals surface area (Å²) in [6.45, 7) is 1.42. The summed E-state index contributed by atoms with van der Waals surface area (Å²) in [4.78, 5) is 16.3. The zero-order chi connectivity index (χ0) is 17.5. The summed E-state index contributed by atoms with van der Waals surface area (Å²) in [6, 6.07) is 11.7. The molecule has 0 radical (unpaired) electrons. The number of hydrogen-bond acceptors (Lipinski definition) is 5. The monoisotopic (exact) mass is 341 g/mol. The predicted octanol–water partition coefficient (Wildman–Crippen LogP) is 2.86. The first kappa shape index (κ1) is 17.2. The van der Waals surface area contributed by atoms with Crippen molar-refractivity contribution in [3.63, 3.8) is 0 Å². The summed E-state index contributed by atoms with van der Waals surface area (Å²) in [5.41, 5.74) is 1.88. The summed E-state index contributed by atoms with van der Waals surface area (Å²) >= 11 is 0. The van der Waals surface area contributed by atoms with Gasteiger partial charge in [0.2, 0.25) is 0 Å². The van der Waals surface area contributed by atoms with Gasteiger partial charge in [-0.2, -0.15) is 0 Å². The number of rotatable bonds is 7. The number of methoxy groups -OCH3 is 1. The Morgan fingerprint density at radius 3 is 3.00 bits per heavy atom. The lowest BCUT2D eigenvalue weighted by Gasteiger charge is -2.11.